The first-order valence-corrected chi connectivity index (χ1v) is 6.10. The first kappa shape index (κ1) is 14.4. The zero-order valence-electron chi connectivity index (χ0n) is 10.6. The van der Waals surface area contributed by atoms with Crippen molar-refractivity contribution in [3.63, 3.8) is 0 Å². The number of halogens is 3. The van der Waals surface area contributed by atoms with E-state index in [2.05, 4.69) is 4.98 Å². The van der Waals surface area contributed by atoms with Crippen LogP contribution in [0.4, 0.5) is 23.7 Å². The van der Waals surface area contributed by atoms with Crippen LogP contribution in [-0.4, -0.2) is 30.3 Å². The molecule has 2 N–H and O–H groups in total. The molecular weight excluding hydrogens is 275 g/mol. The van der Waals surface area contributed by atoms with Crippen molar-refractivity contribution in [1.82, 2.24) is 4.98 Å². The Morgan fingerprint density at radius 2 is 2.20 bits per heavy atom. The minimum absolute atomic E-state index is 0.344. The molecule has 0 radical (unpaired) electrons. The number of primary amides is 1. The van der Waals surface area contributed by atoms with Gasteiger partial charge in [0.25, 0.3) is 0 Å². The molecule has 1 unspecified atom stereocenters. The van der Waals surface area contributed by atoms with Crippen LogP contribution in [0.2, 0.25) is 0 Å². The Morgan fingerprint density at radius 1 is 1.45 bits per heavy atom. The van der Waals surface area contributed by atoms with Crippen LogP contribution in [0.5, 0.6) is 0 Å². The summed E-state index contributed by atoms with van der Waals surface area (Å²) in [5, 5.41) is 0. The molecule has 1 fully saturated rings. The van der Waals surface area contributed by atoms with Gasteiger partial charge in [0.2, 0.25) is 0 Å². The average molecular weight is 289 g/mol. The number of alkyl halides is 3. The lowest BCUT2D eigenvalue weighted by Crippen LogP contribution is -2.41. The fraction of sp³-hybridized carbons (Fsp3) is 0.500. The van der Waals surface area contributed by atoms with Gasteiger partial charge in [-0.2, -0.15) is 13.2 Å². The van der Waals surface area contributed by atoms with E-state index in [0.29, 0.717) is 25.2 Å². The number of ether oxygens (including phenoxy) is 1. The van der Waals surface area contributed by atoms with Gasteiger partial charge in [0.1, 0.15) is 11.8 Å². The first-order chi connectivity index (χ1) is 9.36. The Morgan fingerprint density at radius 3 is 2.75 bits per heavy atom. The van der Waals surface area contributed by atoms with Crippen molar-refractivity contribution in [2.24, 2.45) is 5.73 Å². The van der Waals surface area contributed by atoms with E-state index in [1.54, 1.807) is 0 Å². The van der Waals surface area contributed by atoms with Gasteiger partial charge in [-0.25, -0.2) is 9.78 Å². The number of anilines is 1. The Hall–Kier alpha value is -1.99. The van der Waals surface area contributed by atoms with E-state index >= 15 is 0 Å². The maximum absolute atomic E-state index is 12.4. The Labute approximate surface area is 113 Å². The molecule has 1 aliphatic rings. The zero-order valence-corrected chi connectivity index (χ0v) is 10.6. The lowest BCUT2D eigenvalue weighted by Gasteiger charge is -2.33. The number of nitrogens with zero attached hydrogens (tertiary/aromatic N) is 2. The monoisotopic (exact) mass is 289 g/mol. The van der Waals surface area contributed by atoms with E-state index in [-0.39, 0.29) is 6.10 Å². The molecular formula is C12H14F3N3O2. The molecule has 5 nitrogen and oxygen atoms in total. The van der Waals surface area contributed by atoms with Gasteiger partial charge < -0.3 is 15.4 Å². The number of nitrogens with two attached hydrogens (primary N) is 1. The molecule has 2 rings (SSSR count). The molecule has 0 spiro atoms. The van der Waals surface area contributed by atoms with Crippen molar-refractivity contribution in [2.45, 2.75) is 25.1 Å². The SMILES string of the molecule is NC(=O)OC1CCCN(c2ccc(C(F)(F)F)nc2)C1. The molecule has 1 atom stereocenters. The minimum atomic E-state index is -4.45. The number of carbonyl (C=O) groups excluding carboxylic acids is 1. The van der Waals surface area contributed by atoms with Crippen LogP contribution in [-0.2, 0) is 10.9 Å². The fourth-order valence-corrected chi connectivity index (χ4v) is 2.17. The third-order valence-electron chi connectivity index (χ3n) is 3.06. The largest absolute Gasteiger partial charge is 0.445 e. The minimum Gasteiger partial charge on any atom is -0.445 e. The quantitative estimate of drug-likeness (QED) is 0.906. The van der Waals surface area contributed by atoms with E-state index in [1.807, 2.05) is 4.90 Å². The molecule has 0 aromatic carbocycles. The zero-order chi connectivity index (χ0) is 14.8. The normalized spacial score (nSPS) is 19.8. The summed E-state index contributed by atoms with van der Waals surface area (Å²) < 4.78 is 42.2. The number of pyridine rings is 1. The highest BCUT2D eigenvalue weighted by atomic mass is 19.4. The smallest absolute Gasteiger partial charge is 0.433 e. The molecule has 1 aliphatic heterocycles. The summed E-state index contributed by atoms with van der Waals surface area (Å²) >= 11 is 0. The number of piperidine rings is 1. The van der Waals surface area contributed by atoms with Crippen molar-refractivity contribution >= 4 is 11.8 Å². The van der Waals surface area contributed by atoms with Crippen molar-refractivity contribution in [3.8, 4) is 0 Å². The molecule has 1 amide bonds. The van der Waals surface area contributed by atoms with Crippen molar-refractivity contribution < 1.29 is 22.7 Å². The second kappa shape index (κ2) is 5.56. The number of carbonyl (C=O) groups is 1. The molecule has 8 heteroatoms. The topological polar surface area (TPSA) is 68.5 Å². The molecule has 110 valence electrons. The van der Waals surface area contributed by atoms with Crippen molar-refractivity contribution in [3.05, 3.63) is 24.0 Å². The standard InChI is InChI=1S/C12H14F3N3O2/c13-12(14,15)10-4-3-8(6-17-10)18-5-1-2-9(7-18)20-11(16)19/h3-4,6,9H,1-2,5,7H2,(H2,16,19). The number of hydrogen-bond donors (Lipinski definition) is 1. The van der Waals surface area contributed by atoms with Gasteiger partial charge >= 0.3 is 12.3 Å². The summed E-state index contributed by atoms with van der Waals surface area (Å²) in [7, 11) is 0. The van der Waals surface area contributed by atoms with Crippen LogP contribution >= 0.6 is 0 Å². The van der Waals surface area contributed by atoms with E-state index in [4.69, 9.17) is 10.5 Å². The predicted molar refractivity (Wildman–Crippen MR) is 65.1 cm³/mol. The summed E-state index contributed by atoms with van der Waals surface area (Å²) in [4.78, 5) is 15.9. The third-order valence-corrected chi connectivity index (χ3v) is 3.06. The van der Waals surface area contributed by atoms with Gasteiger partial charge in [-0.15, -0.1) is 0 Å². The summed E-state index contributed by atoms with van der Waals surface area (Å²) in [5.41, 5.74) is 4.60. The van der Waals surface area contributed by atoms with Gasteiger partial charge in [-0.1, -0.05) is 0 Å². The summed E-state index contributed by atoms with van der Waals surface area (Å²) in [6.07, 6.45) is -3.01. The average Bonchev–Trinajstić information content (AvgIpc) is 2.37. The Bertz CT molecular complexity index is 476. The van der Waals surface area contributed by atoms with E-state index in [1.165, 1.54) is 12.3 Å². The molecule has 2 heterocycles. The van der Waals surface area contributed by atoms with Crippen LogP contribution in [0, 0.1) is 0 Å². The maximum Gasteiger partial charge on any atom is 0.433 e. The molecule has 1 aromatic heterocycles. The molecule has 1 saturated heterocycles. The summed E-state index contributed by atoms with van der Waals surface area (Å²) in [5.74, 6) is 0. The third kappa shape index (κ3) is 3.52. The summed E-state index contributed by atoms with van der Waals surface area (Å²) in [6.45, 7) is 1.07. The van der Waals surface area contributed by atoms with Crippen LogP contribution in [0.3, 0.4) is 0 Å². The molecule has 0 aliphatic carbocycles. The molecule has 20 heavy (non-hydrogen) atoms. The highest BCUT2D eigenvalue weighted by molar-refractivity contribution is 5.65. The van der Waals surface area contributed by atoms with Gasteiger partial charge in [0.15, 0.2) is 0 Å². The molecule has 0 saturated carbocycles. The van der Waals surface area contributed by atoms with Crippen LogP contribution in [0.1, 0.15) is 18.5 Å². The summed E-state index contributed by atoms with van der Waals surface area (Å²) in [6, 6.07) is 2.30. The number of aromatic nitrogens is 1. The lowest BCUT2D eigenvalue weighted by atomic mass is 10.1. The van der Waals surface area contributed by atoms with Gasteiger partial charge in [-0.05, 0) is 25.0 Å². The lowest BCUT2D eigenvalue weighted by molar-refractivity contribution is -0.141. The second-order valence-electron chi connectivity index (χ2n) is 4.55. The van der Waals surface area contributed by atoms with Crippen LogP contribution < -0.4 is 10.6 Å². The molecule has 1 aromatic rings. The van der Waals surface area contributed by atoms with Crippen molar-refractivity contribution in [2.75, 3.05) is 18.0 Å². The first-order valence-electron chi connectivity index (χ1n) is 6.10. The number of rotatable bonds is 2. The van der Waals surface area contributed by atoms with E-state index in [0.717, 1.165) is 12.5 Å². The Balaban J connectivity index is 2.05. The van der Waals surface area contributed by atoms with Gasteiger partial charge in [0, 0.05) is 6.54 Å². The van der Waals surface area contributed by atoms with Crippen LogP contribution in [0.25, 0.3) is 0 Å². The van der Waals surface area contributed by atoms with E-state index < -0.39 is 18.0 Å². The van der Waals surface area contributed by atoms with Gasteiger partial charge in [0.05, 0.1) is 18.4 Å². The fourth-order valence-electron chi connectivity index (χ4n) is 2.17. The Kier molecular flexibility index (Phi) is 4.01. The highest BCUT2D eigenvalue weighted by Gasteiger charge is 2.32. The maximum atomic E-state index is 12.4. The molecule has 0 bridgehead atoms. The van der Waals surface area contributed by atoms with Crippen LogP contribution in [0.15, 0.2) is 18.3 Å². The number of amides is 1. The highest BCUT2D eigenvalue weighted by Crippen LogP contribution is 2.29. The van der Waals surface area contributed by atoms with Crippen molar-refractivity contribution in [1.29, 1.82) is 0 Å². The van der Waals surface area contributed by atoms with Gasteiger partial charge in [-0.3, -0.25) is 0 Å². The number of hydrogen-bond acceptors (Lipinski definition) is 4. The second-order valence-corrected chi connectivity index (χ2v) is 4.55. The van der Waals surface area contributed by atoms with E-state index in [9.17, 15) is 18.0 Å². The predicted octanol–water partition coefficient (Wildman–Crippen LogP) is 2.16.